The Bertz CT molecular complexity index is 1010. The van der Waals surface area contributed by atoms with Gasteiger partial charge in [0.15, 0.2) is 0 Å². The third-order valence-electron chi connectivity index (χ3n) is 3.82. The highest BCUT2D eigenvalue weighted by molar-refractivity contribution is 7.89. The molecule has 26 heavy (non-hydrogen) atoms. The van der Waals surface area contributed by atoms with Crippen LogP contribution < -0.4 is 4.83 Å². The predicted molar refractivity (Wildman–Crippen MR) is 103 cm³/mol. The predicted octanol–water partition coefficient (Wildman–Crippen LogP) is 3.60. The van der Waals surface area contributed by atoms with E-state index in [4.69, 9.17) is 11.6 Å². The molecule has 0 aliphatic rings. The third-order valence-corrected chi connectivity index (χ3v) is 5.31. The maximum Gasteiger partial charge on any atom is 0.276 e. The molecule has 3 aromatic rings. The van der Waals surface area contributed by atoms with Crippen LogP contribution in [0.1, 0.15) is 18.1 Å². The number of hydrogen-bond donors (Lipinski definition) is 2. The van der Waals surface area contributed by atoms with Crippen LogP contribution in [0, 0.1) is 0 Å². The molecule has 0 amide bonds. The number of nitrogens with one attached hydrogen (secondary N) is 2. The van der Waals surface area contributed by atoms with Gasteiger partial charge in [-0.2, -0.15) is 18.6 Å². The Morgan fingerprint density at radius 2 is 1.85 bits per heavy atom. The number of aromatic amines is 1. The highest BCUT2D eigenvalue weighted by atomic mass is 35.5. The monoisotopic (exact) mass is 388 g/mol. The average Bonchev–Trinajstić information content (AvgIpc) is 3.11. The summed E-state index contributed by atoms with van der Waals surface area (Å²) in [6.45, 7) is 2.01. The van der Waals surface area contributed by atoms with Crippen molar-refractivity contribution in [3.8, 4) is 11.3 Å². The number of nitrogens with zero attached hydrogens (tertiary/aromatic N) is 2. The Balaban J connectivity index is 1.76. The summed E-state index contributed by atoms with van der Waals surface area (Å²) in [6.07, 6.45) is 3.82. The molecule has 0 fully saturated rings. The van der Waals surface area contributed by atoms with Crippen LogP contribution >= 0.6 is 11.6 Å². The highest BCUT2D eigenvalue weighted by Crippen LogP contribution is 2.21. The van der Waals surface area contributed by atoms with E-state index < -0.39 is 10.0 Å². The fraction of sp³-hybridized carbons (Fsp3) is 0.111. The van der Waals surface area contributed by atoms with Crippen LogP contribution in [0.4, 0.5) is 0 Å². The molecule has 0 saturated carbocycles. The first-order chi connectivity index (χ1) is 12.5. The van der Waals surface area contributed by atoms with E-state index in [0.717, 1.165) is 23.2 Å². The summed E-state index contributed by atoms with van der Waals surface area (Å²) < 4.78 is 24.6. The van der Waals surface area contributed by atoms with Gasteiger partial charge in [-0.1, -0.05) is 42.8 Å². The van der Waals surface area contributed by atoms with Crippen LogP contribution in [0.15, 0.2) is 64.7 Å². The van der Waals surface area contributed by atoms with E-state index in [-0.39, 0.29) is 4.90 Å². The minimum Gasteiger partial charge on any atom is -0.277 e. The standard InChI is InChI=1S/C18H17ClN4O2S/c1-2-13-3-9-17(10-4-13)26(24,25)23-21-12-15-11-20-22-18(15)14-5-7-16(19)8-6-14/h3-12,23H,2H2,1H3,(H,20,22)/b21-12+. The van der Waals surface area contributed by atoms with Crippen LogP contribution in [-0.2, 0) is 16.4 Å². The van der Waals surface area contributed by atoms with Crippen molar-refractivity contribution in [2.75, 3.05) is 0 Å². The minimum atomic E-state index is -3.72. The summed E-state index contributed by atoms with van der Waals surface area (Å²) in [5, 5.41) is 11.3. The Hall–Kier alpha value is -2.64. The van der Waals surface area contributed by atoms with Gasteiger partial charge >= 0.3 is 0 Å². The minimum absolute atomic E-state index is 0.164. The van der Waals surface area contributed by atoms with Crippen molar-refractivity contribution in [3.05, 3.63) is 70.9 Å². The van der Waals surface area contributed by atoms with Crippen molar-refractivity contribution in [1.82, 2.24) is 15.0 Å². The van der Waals surface area contributed by atoms with Gasteiger partial charge in [0.25, 0.3) is 10.0 Å². The van der Waals surface area contributed by atoms with Crippen LogP contribution in [0.5, 0.6) is 0 Å². The molecule has 134 valence electrons. The van der Waals surface area contributed by atoms with E-state index in [1.54, 1.807) is 42.6 Å². The molecule has 0 saturated heterocycles. The number of rotatable bonds is 6. The SMILES string of the molecule is CCc1ccc(S(=O)(=O)N/N=C/c2cn[nH]c2-c2ccc(Cl)cc2)cc1. The fourth-order valence-corrected chi connectivity index (χ4v) is 3.28. The van der Waals surface area contributed by atoms with Gasteiger partial charge in [-0.3, -0.25) is 5.10 Å². The number of benzene rings is 2. The van der Waals surface area contributed by atoms with E-state index >= 15 is 0 Å². The van der Waals surface area contributed by atoms with Crippen molar-refractivity contribution in [2.24, 2.45) is 5.10 Å². The topological polar surface area (TPSA) is 87.2 Å². The molecule has 1 aromatic heterocycles. The number of H-pyrrole nitrogens is 1. The van der Waals surface area contributed by atoms with Gasteiger partial charge in [0, 0.05) is 16.1 Å². The number of sulfonamides is 1. The molecule has 0 radical (unpaired) electrons. The number of aromatic nitrogens is 2. The Kier molecular flexibility index (Phi) is 5.39. The first kappa shape index (κ1) is 18.2. The molecule has 0 unspecified atom stereocenters. The number of halogens is 1. The Morgan fingerprint density at radius 1 is 1.15 bits per heavy atom. The van der Waals surface area contributed by atoms with Crippen LogP contribution in [0.25, 0.3) is 11.3 Å². The molecule has 0 bridgehead atoms. The van der Waals surface area contributed by atoms with Crippen molar-refractivity contribution in [3.63, 3.8) is 0 Å². The molecule has 0 spiro atoms. The van der Waals surface area contributed by atoms with Crippen molar-refractivity contribution in [2.45, 2.75) is 18.2 Å². The first-order valence-electron chi connectivity index (χ1n) is 7.92. The molecule has 1 heterocycles. The molecule has 0 aliphatic heterocycles. The van der Waals surface area contributed by atoms with Gasteiger partial charge in [0.1, 0.15) is 0 Å². The molecule has 2 aromatic carbocycles. The maximum absolute atomic E-state index is 12.3. The molecule has 8 heteroatoms. The molecule has 6 nitrogen and oxygen atoms in total. The molecule has 2 N–H and O–H groups in total. The smallest absolute Gasteiger partial charge is 0.276 e. The molecule has 0 aliphatic carbocycles. The summed E-state index contributed by atoms with van der Waals surface area (Å²) in [6, 6.07) is 13.9. The second kappa shape index (κ2) is 7.72. The molecular formula is C18H17ClN4O2S. The zero-order chi connectivity index (χ0) is 18.6. The van der Waals surface area contributed by atoms with Crippen LogP contribution in [0.3, 0.4) is 0 Å². The summed E-state index contributed by atoms with van der Waals surface area (Å²) in [4.78, 5) is 2.38. The van der Waals surface area contributed by atoms with Gasteiger partial charge < -0.3 is 0 Å². The lowest BCUT2D eigenvalue weighted by atomic mass is 10.1. The highest BCUT2D eigenvalue weighted by Gasteiger charge is 2.12. The number of aryl methyl sites for hydroxylation is 1. The normalized spacial score (nSPS) is 11.8. The van der Waals surface area contributed by atoms with E-state index in [9.17, 15) is 8.42 Å². The summed E-state index contributed by atoms with van der Waals surface area (Å²) in [5.41, 5.74) is 3.30. The quantitative estimate of drug-likeness (QED) is 0.499. The second-order valence-electron chi connectivity index (χ2n) is 5.56. The maximum atomic E-state index is 12.3. The molecular weight excluding hydrogens is 372 g/mol. The average molecular weight is 389 g/mol. The summed E-state index contributed by atoms with van der Waals surface area (Å²) in [5.74, 6) is 0. The van der Waals surface area contributed by atoms with Crippen molar-refractivity contribution >= 4 is 27.8 Å². The lowest BCUT2D eigenvalue weighted by Gasteiger charge is -2.04. The summed E-state index contributed by atoms with van der Waals surface area (Å²) in [7, 11) is -3.72. The van der Waals surface area contributed by atoms with E-state index in [2.05, 4.69) is 20.1 Å². The van der Waals surface area contributed by atoms with E-state index in [1.165, 1.54) is 6.21 Å². The lowest BCUT2D eigenvalue weighted by molar-refractivity contribution is 0.584. The van der Waals surface area contributed by atoms with Crippen LogP contribution in [-0.4, -0.2) is 24.8 Å². The zero-order valence-electron chi connectivity index (χ0n) is 14.0. The van der Waals surface area contributed by atoms with Crippen molar-refractivity contribution < 1.29 is 8.42 Å². The Morgan fingerprint density at radius 3 is 2.50 bits per heavy atom. The zero-order valence-corrected chi connectivity index (χ0v) is 15.6. The van der Waals surface area contributed by atoms with E-state index in [1.807, 2.05) is 19.1 Å². The molecule has 0 atom stereocenters. The lowest BCUT2D eigenvalue weighted by Crippen LogP contribution is -2.18. The van der Waals surface area contributed by atoms with Gasteiger partial charge in [0.2, 0.25) is 0 Å². The van der Waals surface area contributed by atoms with Crippen molar-refractivity contribution in [1.29, 1.82) is 0 Å². The van der Waals surface area contributed by atoms with E-state index in [0.29, 0.717) is 10.6 Å². The third kappa shape index (κ3) is 4.12. The number of hydrogen-bond acceptors (Lipinski definition) is 4. The number of hydrazone groups is 1. The fourth-order valence-electron chi connectivity index (χ4n) is 2.36. The van der Waals surface area contributed by atoms with Crippen LogP contribution in [0.2, 0.25) is 5.02 Å². The Labute approximate surface area is 157 Å². The summed E-state index contributed by atoms with van der Waals surface area (Å²) >= 11 is 5.90. The van der Waals surface area contributed by atoms with Gasteiger partial charge in [0.05, 0.1) is 23.0 Å². The first-order valence-corrected chi connectivity index (χ1v) is 9.79. The van der Waals surface area contributed by atoms with Gasteiger partial charge in [-0.25, -0.2) is 4.83 Å². The largest absolute Gasteiger partial charge is 0.277 e. The molecule has 3 rings (SSSR count). The van der Waals surface area contributed by atoms with Gasteiger partial charge in [-0.05, 0) is 36.2 Å². The van der Waals surface area contributed by atoms with Gasteiger partial charge in [-0.15, -0.1) is 0 Å². The second-order valence-corrected chi connectivity index (χ2v) is 7.65.